The number of halogens is 1. The number of fused-ring (bicyclic) bond motifs is 1. The molecule has 0 radical (unpaired) electrons. The van der Waals surface area contributed by atoms with E-state index < -0.39 is 18.0 Å². The van der Waals surface area contributed by atoms with Crippen LogP contribution in [0, 0.1) is 0 Å². The maximum atomic E-state index is 12.4. The van der Waals surface area contributed by atoms with Crippen LogP contribution in [0.2, 0.25) is 5.02 Å². The van der Waals surface area contributed by atoms with Crippen LogP contribution in [0.25, 0.3) is 0 Å². The molecule has 0 saturated carbocycles. The molecule has 7 heteroatoms. The van der Waals surface area contributed by atoms with E-state index in [1.54, 1.807) is 12.1 Å². The number of amides is 1. The van der Waals surface area contributed by atoms with Crippen LogP contribution in [0.4, 0.5) is 5.82 Å². The molecule has 1 amide bonds. The van der Waals surface area contributed by atoms with Crippen molar-refractivity contribution in [2.75, 3.05) is 5.32 Å². The van der Waals surface area contributed by atoms with Gasteiger partial charge in [0.15, 0.2) is 11.9 Å². The predicted octanol–water partition coefficient (Wildman–Crippen LogP) is 4.15. The molecule has 1 aliphatic rings. The Morgan fingerprint density at radius 2 is 1.86 bits per heavy atom. The first-order valence-electron chi connectivity index (χ1n) is 9.69. The monoisotopic (exact) mass is 414 g/mol. The number of esters is 1. The van der Waals surface area contributed by atoms with Crippen molar-refractivity contribution in [2.45, 2.75) is 51.6 Å². The molecule has 0 fully saturated rings. The van der Waals surface area contributed by atoms with Crippen molar-refractivity contribution in [3.05, 3.63) is 58.2 Å². The van der Waals surface area contributed by atoms with E-state index in [1.165, 1.54) is 30.7 Å². The predicted molar refractivity (Wildman–Crippen MR) is 110 cm³/mol. The third kappa shape index (κ3) is 5.87. The molecule has 1 N–H and O–H groups in total. The molecule has 0 saturated heterocycles. The van der Waals surface area contributed by atoms with E-state index in [9.17, 15) is 14.4 Å². The normalized spacial score (nSPS) is 13.9. The molecule has 0 aliphatic heterocycles. The topological polar surface area (TPSA) is 85.4 Å². The van der Waals surface area contributed by atoms with E-state index in [4.69, 9.17) is 16.3 Å². The summed E-state index contributed by atoms with van der Waals surface area (Å²) in [7, 11) is 0. The van der Waals surface area contributed by atoms with Gasteiger partial charge in [0.05, 0.1) is 11.4 Å². The first-order chi connectivity index (χ1) is 13.9. The first-order valence-corrected chi connectivity index (χ1v) is 10.1. The number of aromatic nitrogens is 1. The third-order valence-electron chi connectivity index (χ3n) is 4.88. The minimum Gasteiger partial charge on any atom is -0.453 e. The highest BCUT2D eigenvalue weighted by molar-refractivity contribution is 6.30. The Morgan fingerprint density at radius 1 is 1.10 bits per heavy atom. The minimum absolute atomic E-state index is 0.0463. The summed E-state index contributed by atoms with van der Waals surface area (Å²) in [5.74, 6) is -0.889. The maximum Gasteiger partial charge on any atom is 0.307 e. The molecular weight excluding hydrogens is 392 g/mol. The zero-order valence-electron chi connectivity index (χ0n) is 16.2. The molecule has 0 bridgehead atoms. The number of benzene rings is 1. The summed E-state index contributed by atoms with van der Waals surface area (Å²) >= 11 is 5.75. The highest BCUT2D eigenvalue weighted by atomic mass is 35.5. The lowest BCUT2D eigenvalue weighted by molar-refractivity contribution is -0.153. The third-order valence-corrected chi connectivity index (χ3v) is 5.11. The number of pyridine rings is 1. The van der Waals surface area contributed by atoms with Gasteiger partial charge in [0.1, 0.15) is 5.82 Å². The quantitative estimate of drug-likeness (QED) is 0.543. The van der Waals surface area contributed by atoms with Gasteiger partial charge in [-0.1, -0.05) is 23.7 Å². The van der Waals surface area contributed by atoms with Crippen molar-refractivity contribution in [1.29, 1.82) is 0 Å². The second-order valence-corrected chi connectivity index (χ2v) is 7.53. The number of nitrogens with zero attached hydrogens (tertiary/aromatic N) is 1. The van der Waals surface area contributed by atoms with Crippen LogP contribution in [0.5, 0.6) is 0 Å². The summed E-state index contributed by atoms with van der Waals surface area (Å²) in [6.07, 6.45) is 4.75. The van der Waals surface area contributed by atoms with Crippen LogP contribution in [-0.2, 0) is 27.2 Å². The summed E-state index contributed by atoms with van der Waals surface area (Å²) in [5, 5.41) is 2.99. The van der Waals surface area contributed by atoms with E-state index in [0.29, 0.717) is 16.4 Å². The molecule has 3 rings (SSSR count). The standard InChI is InChI=1S/C22H23ClN2O4/c1-14(22(28)25-20-10-8-18(23)13-24-20)29-21(27)11-9-19(26)17-7-6-15-4-2-3-5-16(15)12-17/h6-8,10,12-14H,2-5,9,11H2,1H3,(H,24,25,28)/t14-/m1/s1. The SMILES string of the molecule is C[C@@H](OC(=O)CCC(=O)c1ccc2c(c1)CCCC2)C(=O)Nc1ccc(Cl)cn1. The summed E-state index contributed by atoms with van der Waals surface area (Å²) in [4.78, 5) is 40.5. The van der Waals surface area contributed by atoms with Crippen molar-refractivity contribution in [3.8, 4) is 0 Å². The van der Waals surface area contributed by atoms with Crippen LogP contribution in [0.15, 0.2) is 36.5 Å². The van der Waals surface area contributed by atoms with Crippen molar-refractivity contribution < 1.29 is 19.1 Å². The van der Waals surface area contributed by atoms with Crippen LogP contribution in [-0.4, -0.2) is 28.7 Å². The number of Topliss-reactive ketones (excluding diaryl/α,β-unsaturated/α-hetero) is 1. The number of carbonyl (C=O) groups excluding carboxylic acids is 3. The number of hydrogen-bond donors (Lipinski definition) is 1. The fraction of sp³-hybridized carbons (Fsp3) is 0.364. The van der Waals surface area contributed by atoms with E-state index in [1.807, 2.05) is 18.2 Å². The van der Waals surface area contributed by atoms with E-state index in [0.717, 1.165) is 19.3 Å². The molecule has 1 aromatic heterocycles. The highest BCUT2D eigenvalue weighted by Gasteiger charge is 2.20. The molecule has 6 nitrogen and oxygen atoms in total. The zero-order valence-corrected chi connectivity index (χ0v) is 17.0. The van der Waals surface area contributed by atoms with Gasteiger partial charge in [-0.05, 0) is 61.9 Å². The lowest BCUT2D eigenvalue weighted by atomic mass is 9.89. The number of nitrogens with one attached hydrogen (secondary N) is 1. The maximum absolute atomic E-state index is 12.4. The number of anilines is 1. The fourth-order valence-electron chi connectivity index (χ4n) is 3.25. The Bertz CT molecular complexity index is 912. The van der Waals surface area contributed by atoms with E-state index >= 15 is 0 Å². The smallest absolute Gasteiger partial charge is 0.307 e. The van der Waals surface area contributed by atoms with Gasteiger partial charge < -0.3 is 10.1 Å². The minimum atomic E-state index is -1.00. The number of ether oxygens (including phenoxy) is 1. The van der Waals surface area contributed by atoms with Gasteiger partial charge in [-0.3, -0.25) is 14.4 Å². The van der Waals surface area contributed by atoms with Crippen LogP contribution in [0.3, 0.4) is 0 Å². The van der Waals surface area contributed by atoms with Crippen molar-refractivity contribution in [3.63, 3.8) is 0 Å². The van der Waals surface area contributed by atoms with Gasteiger partial charge in [0.25, 0.3) is 5.91 Å². The van der Waals surface area contributed by atoms with E-state index in [-0.39, 0.29) is 18.6 Å². The fourth-order valence-corrected chi connectivity index (χ4v) is 3.37. The second kappa shape index (κ2) is 9.65. The summed E-state index contributed by atoms with van der Waals surface area (Å²) in [6, 6.07) is 8.92. The summed E-state index contributed by atoms with van der Waals surface area (Å²) < 4.78 is 5.13. The van der Waals surface area contributed by atoms with Gasteiger partial charge >= 0.3 is 5.97 Å². The van der Waals surface area contributed by atoms with Crippen molar-refractivity contribution in [1.82, 2.24) is 4.98 Å². The van der Waals surface area contributed by atoms with Crippen LogP contribution in [0.1, 0.15) is 54.1 Å². The molecular formula is C22H23ClN2O4. The van der Waals surface area contributed by atoms with Gasteiger partial charge in [0, 0.05) is 18.2 Å². The lowest BCUT2D eigenvalue weighted by Gasteiger charge is -2.16. The molecule has 2 aromatic rings. The summed E-state index contributed by atoms with van der Waals surface area (Å²) in [6.45, 7) is 1.47. The first kappa shape index (κ1) is 21.0. The molecule has 152 valence electrons. The molecule has 1 heterocycles. The van der Waals surface area contributed by atoms with Gasteiger partial charge in [-0.25, -0.2) is 4.98 Å². The second-order valence-electron chi connectivity index (χ2n) is 7.10. The number of rotatable bonds is 7. The molecule has 0 spiro atoms. The molecule has 0 unspecified atom stereocenters. The molecule has 1 atom stereocenters. The van der Waals surface area contributed by atoms with Crippen LogP contribution >= 0.6 is 11.6 Å². The number of hydrogen-bond acceptors (Lipinski definition) is 5. The average Bonchev–Trinajstić information content (AvgIpc) is 2.73. The molecule has 1 aromatic carbocycles. The van der Waals surface area contributed by atoms with Crippen molar-refractivity contribution >= 4 is 35.1 Å². The van der Waals surface area contributed by atoms with Gasteiger partial charge in [-0.2, -0.15) is 0 Å². The lowest BCUT2D eigenvalue weighted by Crippen LogP contribution is -2.30. The summed E-state index contributed by atoms with van der Waals surface area (Å²) in [5.41, 5.74) is 3.16. The zero-order chi connectivity index (χ0) is 20.8. The van der Waals surface area contributed by atoms with E-state index in [2.05, 4.69) is 10.3 Å². The Morgan fingerprint density at radius 3 is 2.59 bits per heavy atom. The molecule has 1 aliphatic carbocycles. The van der Waals surface area contributed by atoms with Gasteiger partial charge in [-0.15, -0.1) is 0 Å². The van der Waals surface area contributed by atoms with Gasteiger partial charge in [0.2, 0.25) is 0 Å². The average molecular weight is 415 g/mol. The Labute approximate surface area is 174 Å². The van der Waals surface area contributed by atoms with Crippen molar-refractivity contribution in [2.24, 2.45) is 0 Å². The Kier molecular flexibility index (Phi) is 6.99. The van der Waals surface area contributed by atoms with Crippen LogP contribution < -0.4 is 5.32 Å². The Balaban J connectivity index is 1.46. The Hall–Kier alpha value is -2.73. The molecule has 29 heavy (non-hydrogen) atoms. The number of ketones is 1. The largest absolute Gasteiger partial charge is 0.453 e. The number of aryl methyl sites for hydroxylation is 2. The highest BCUT2D eigenvalue weighted by Crippen LogP contribution is 2.23. The number of carbonyl (C=O) groups is 3.